The van der Waals surface area contributed by atoms with E-state index in [0.29, 0.717) is 24.2 Å². The lowest BCUT2D eigenvalue weighted by Gasteiger charge is -2.10. The van der Waals surface area contributed by atoms with Crippen LogP contribution in [0.3, 0.4) is 0 Å². The Labute approximate surface area is 165 Å². The zero-order valence-corrected chi connectivity index (χ0v) is 17.1. The largest absolute Gasteiger partial charge is 0.394 e. The van der Waals surface area contributed by atoms with Crippen molar-refractivity contribution >= 4 is 17.1 Å². The predicted molar refractivity (Wildman–Crippen MR) is 109 cm³/mol. The van der Waals surface area contributed by atoms with E-state index in [-0.39, 0.29) is 12.4 Å². The summed E-state index contributed by atoms with van der Waals surface area (Å²) in [5.41, 5.74) is 5.40. The van der Waals surface area contributed by atoms with Gasteiger partial charge < -0.3 is 10.2 Å². The molecule has 4 rings (SSSR count). The molecule has 2 N–H and O–H groups in total. The molecule has 0 aliphatic heterocycles. The highest BCUT2D eigenvalue weighted by Gasteiger charge is 2.63. The van der Waals surface area contributed by atoms with Crippen LogP contribution in [0.5, 0.6) is 0 Å². The third kappa shape index (κ3) is 3.28. The molecule has 0 radical (unpaired) electrons. The molecular weight excluding hydrogens is 356 g/mol. The number of carbonyl (C=O) groups excluding carboxylic acids is 1. The van der Waals surface area contributed by atoms with Gasteiger partial charge in [-0.2, -0.15) is 0 Å². The summed E-state index contributed by atoms with van der Waals surface area (Å²) >= 11 is 1.70. The van der Waals surface area contributed by atoms with Gasteiger partial charge in [0, 0.05) is 17.7 Å². The first-order chi connectivity index (χ1) is 12.8. The summed E-state index contributed by atoms with van der Waals surface area (Å²) in [6.07, 6.45) is 2.11. The van der Waals surface area contributed by atoms with E-state index in [4.69, 9.17) is 5.11 Å². The van der Waals surface area contributed by atoms with Crippen molar-refractivity contribution in [2.24, 2.45) is 11.3 Å². The Hall–Kier alpha value is -1.49. The lowest BCUT2D eigenvalue weighted by molar-refractivity contribution is 0.0955. The molecule has 1 unspecified atom stereocenters. The maximum Gasteiger partial charge on any atom is 0.173 e. The number of ketones is 1. The number of fused-ring (bicyclic) bond motifs is 3. The lowest BCUT2D eigenvalue weighted by Crippen LogP contribution is -2.14. The van der Waals surface area contributed by atoms with Crippen molar-refractivity contribution in [1.29, 1.82) is 0 Å². The Morgan fingerprint density at radius 2 is 1.93 bits per heavy atom. The van der Waals surface area contributed by atoms with Gasteiger partial charge in [-0.05, 0) is 59.3 Å². The van der Waals surface area contributed by atoms with Gasteiger partial charge >= 0.3 is 0 Å². The average Bonchev–Trinajstić information content (AvgIpc) is 2.97. The summed E-state index contributed by atoms with van der Waals surface area (Å²) in [6, 6.07) is 7.99. The van der Waals surface area contributed by atoms with Crippen LogP contribution in [0.1, 0.15) is 63.0 Å². The molecule has 144 valence electrons. The van der Waals surface area contributed by atoms with Crippen molar-refractivity contribution in [3.63, 3.8) is 0 Å². The summed E-state index contributed by atoms with van der Waals surface area (Å²) in [6.45, 7) is 6.66. The van der Waals surface area contributed by atoms with Gasteiger partial charge in [-0.15, -0.1) is 11.3 Å². The highest BCUT2D eigenvalue weighted by Crippen LogP contribution is 2.71. The summed E-state index contributed by atoms with van der Waals surface area (Å²) in [7, 11) is 0. The first-order valence-electron chi connectivity index (χ1n) is 9.85. The Morgan fingerprint density at radius 1 is 1.26 bits per heavy atom. The van der Waals surface area contributed by atoms with Crippen LogP contribution in [0, 0.1) is 18.3 Å². The van der Waals surface area contributed by atoms with Crippen molar-refractivity contribution in [2.45, 2.75) is 58.5 Å². The standard InChI is InChI=1S/C23H28O3S/c1-13-20-17(11-18-21(20)23(18,2)3)22(27-13)19(26)9-8-14-4-6-15(7-5-14)10-16(25)12-24/h4-7,16,18,21,24-25H,8-12H2,1-3H3/t16?,18-,21-/m1/s1. The zero-order chi connectivity index (χ0) is 19.3. The first kappa shape index (κ1) is 18.9. The first-order valence-corrected chi connectivity index (χ1v) is 10.7. The van der Waals surface area contributed by atoms with E-state index < -0.39 is 6.10 Å². The molecule has 2 aliphatic rings. The molecule has 2 aromatic rings. The van der Waals surface area contributed by atoms with E-state index in [0.717, 1.165) is 34.8 Å². The number of Topliss-reactive ketones (excluding diaryl/α,β-unsaturated/α-hetero) is 1. The fourth-order valence-corrected chi connectivity index (χ4v) is 6.11. The molecule has 1 heterocycles. The van der Waals surface area contributed by atoms with Gasteiger partial charge in [0.05, 0.1) is 17.6 Å². The second-order valence-electron chi connectivity index (χ2n) is 8.77. The van der Waals surface area contributed by atoms with E-state index in [2.05, 4.69) is 20.8 Å². The number of aliphatic hydroxyl groups excluding tert-OH is 2. The molecule has 0 spiro atoms. The van der Waals surface area contributed by atoms with Crippen LogP contribution >= 0.6 is 11.3 Å². The number of carbonyl (C=O) groups is 1. The molecule has 1 saturated carbocycles. The van der Waals surface area contributed by atoms with Crippen LogP contribution in [-0.4, -0.2) is 28.7 Å². The number of benzene rings is 1. The molecule has 0 saturated heterocycles. The number of rotatable bonds is 7. The van der Waals surface area contributed by atoms with Gasteiger partial charge in [-0.1, -0.05) is 38.1 Å². The highest BCUT2D eigenvalue weighted by atomic mass is 32.1. The Bertz CT molecular complexity index is 862. The summed E-state index contributed by atoms with van der Waals surface area (Å²) in [5, 5.41) is 18.5. The van der Waals surface area contributed by atoms with Crippen molar-refractivity contribution in [2.75, 3.05) is 6.61 Å². The molecule has 27 heavy (non-hydrogen) atoms. The topological polar surface area (TPSA) is 57.5 Å². The minimum atomic E-state index is -0.710. The van der Waals surface area contributed by atoms with Crippen LogP contribution in [0.4, 0.5) is 0 Å². The van der Waals surface area contributed by atoms with Gasteiger partial charge in [-0.25, -0.2) is 0 Å². The molecule has 3 atom stereocenters. The number of aliphatic hydroxyl groups is 2. The summed E-state index contributed by atoms with van der Waals surface area (Å²) in [5.74, 6) is 1.69. The molecule has 0 amide bonds. The van der Waals surface area contributed by atoms with Crippen LogP contribution in [0.2, 0.25) is 0 Å². The van der Waals surface area contributed by atoms with Crippen LogP contribution in [-0.2, 0) is 19.3 Å². The summed E-state index contributed by atoms with van der Waals surface area (Å²) < 4.78 is 0. The maximum absolute atomic E-state index is 12.9. The van der Waals surface area contributed by atoms with Gasteiger partial charge in [-0.3, -0.25) is 4.79 Å². The Balaban J connectivity index is 1.40. The molecule has 0 bridgehead atoms. The molecule has 1 aromatic carbocycles. The Morgan fingerprint density at radius 3 is 2.59 bits per heavy atom. The van der Waals surface area contributed by atoms with E-state index >= 15 is 0 Å². The van der Waals surface area contributed by atoms with E-state index in [1.54, 1.807) is 11.3 Å². The van der Waals surface area contributed by atoms with Crippen molar-refractivity contribution in [1.82, 2.24) is 0 Å². The van der Waals surface area contributed by atoms with Crippen LogP contribution < -0.4 is 0 Å². The lowest BCUT2D eigenvalue weighted by atomic mass is 9.94. The second kappa shape index (κ2) is 6.84. The third-order valence-corrected chi connectivity index (χ3v) is 7.82. The van der Waals surface area contributed by atoms with E-state index in [1.807, 2.05) is 24.3 Å². The quantitative estimate of drug-likeness (QED) is 0.708. The fourth-order valence-electron chi connectivity index (χ4n) is 4.91. The number of aryl methyl sites for hydroxylation is 2. The minimum absolute atomic E-state index is 0.223. The van der Waals surface area contributed by atoms with Gasteiger partial charge in [0.15, 0.2) is 5.78 Å². The molecular formula is C23H28O3S. The average molecular weight is 385 g/mol. The minimum Gasteiger partial charge on any atom is -0.394 e. The van der Waals surface area contributed by atoms with Gasteiger partial charge in [0.2, 0.25) is 0 Å². The SMILES string of the molecule is Cc1sc(C(=O)CCc2ccc(CC(O)CO)cc2)c2c1[C@H]1[C@@H](C2)C1(C)C. The molecule has 1 aromatic heterocycles. The number of hydrogen-bond acceptors (Lipinski definition) is 4. The van der Waals surface area contributed by atoms with Gasteiger partial charge in [0.1, 0.15) is 0 Å². The Kier molecular flexibility index (Phi) is 4.77. The van der Waals surface area contributed by atoms with E-state index in [9.17, 15) is 9.90 Å². The van der Waals surface area contributed by atoms with Crippen molar-refractivity contribution < 1.29 is 15.0 Å². The zero-order valence-electron chi connectivity index (χ0n) is 16.3. The third-order valence-electron chi connectivity index (χ3n) is 6.62. The predicted octanol–water partition coefficient (Wildman–Crippen LogP) is 4.06. The monoisotopic (exact) mass is 384 g/mol. The molecule has 2 aliphatic carbocycles. The number of thiophene rings is 1. The van der Waals surface area contributed by atoms with Crippen LogP contribution in [0.15, 0.2) is 24.3 Å². The normalized spacial score (nSPS) is 23.0. The van der Waals surface area contributed by atoms with Crippen molar-refractivity contribution in [3.05, 3.63) is 56.3 Å². The smallest absolute Gasteiger partial charge is 0.173 e. The van der Waals surface area contributed by atoms with E-state index in [1.165, 1.54) is 16.0 Å². The second-order valence-corrected chi connectivity index (χ2v) is 9.99. The van der Waals surface area contributed by atoms with Gasteiger partial charge in [0.25, 0.3) is 0 Å². The van der Waals surface area contributed by atoms with Crippen LogP contribution in [0.25, 0.3) is 0 Å². The molecule has 3 nitrogen and oxygen atoms in total. The number of hydrogen-bond donors (Lipinski definition) is 2. The fraction of sp³-hybridized carbons (Fsp3) is 0.522. The maximum atomic E-state index is 12.9. The summed E-state index contributed by atoms with van der Waals surface area (Å²) in [4.78, 5) is 15.2. The molecule has 1 fully saturated rings. The molecule has 4 heteroatoms. The highest BCUT2D eigenvalue weighted by molar-refractivity contribution is 7.14. The van der Waals surface area contributed by atoms with Crippen molar-refractivity contribution in [3.8, 4) is 0 Å².